The Labute approximate surface area is 159 Å². The number of thiocarbonyl (C=S) groups is 1. The van der Waals surface area contributed by atoms with Gasteiger partial charge >= 0.3 is 6.09 Å². The molecule has 0 saturated carbocycles. The molecule has 2 amide bonds. The molecule has 0 spiro atoms. The normalized spacial score (nSPS) is 15.0. The molecule has 2 rings (SSSR count). The molecule has 1 fully saturated rings. The smallest absolute Gasteiger partial charge is 0.410 e. The zero-order valence-electron chi connectivity index (χ0n) is 15.4. The van der Waals surface area contributed by atoms with Gasteiger partial charge in [-0.3, -0.25) is 10.1 Å². The van der Waals surface area contributed by atoms with Crippen molar-refractivity contribution in [3.05, 3.63) is 42.0 Å². The third-order valence-corrected chi connectivity index (χ3v) is 4.04. The first-order valence-corrected chi connectivity index (χ1v) is 8.96. The van der Waals surface area contributed by atoms with Gasteiger partial charge in [0.05, 0.1) is 0 Å². The Bertz CT molecular complexity index is 675. The fourth-order valence-corrected chi connectivity index (χ4v) is 2.66. The maximum absolute atomic E-state index is 12.1. The van der Waals surface area contributed by atoms with Crippen molar-refractivity contribution >= 4 is 35.4 Å². The highest BCUT2D eigenvalue weighted by Crippen LogP contribution is 2.12. The summed E-state index contributed by atoms with van der Waals surface area (Å²) in [5.41, 5.74) is 0.433. The maximum Gasteiger partial charge on any atom is 0.410 e. The van der Waals surface area contributed by atoms with Crippen molar-refractivity contribution in [2.24, 2.45) is 0 Å². The van der Waals surface area contributed by atoms with Gasteiger partial charge in [-0.1, -0.05) is 30.3 Å². The molecule has 0 unspecified atom stereocenters. The number of benzene rings is 1. The van der Waals surface area contributed by atoms with Crippen LogP contribution in [0.3, 0.4) is 0 Å². The van der Waals surface area contributed by atoms with Crippen molar-refractivity contribution in [3.63, 3.8) is 0 Å². The molecule has 26 heavy (non-hydrogen) atoms. The van der Waals surface area contributed by atoms with Crippen LogP contribution in [0, 0.1) is 0 Å². The Hall–Kier alpha value is -2.41. The van der Waals surface area contributed by atoms with Crippen LogP contribution >= 0.6 is 12.2 Å². The minimum absolute atomic E-state index is 0.270. The molecule has 140 valence electrons. The zero-order valence-corrected chi connectivity index (χ0v) is 16.2. The number of piperazine rings is 1. The minimum atomic E-state index is -0.511. The summed E-state index contributed by atoms with van der Waals surface area (Å²) in [6, 6.07) is 9.57. The molecule has 1 aromatic rings. The third-order valence-electron chi connectivity index (χ3n) is 3.68. The van der Waals surface area contributed by atoms with Crippen LogP contribution < -0.4 is 5.32 Å². The van der Waals surface area contributed by atoms with Crippen LogP contribution in [0.5, 0.6) is 0 Å². The lowest BCUT2D eigenvalue weighted by Crippen LogP contribution is -2.54. The van der Waals surface area contributed by atoms with Crippen LogP contribution in [-0.2, 0) is 9.53 Å². The Kier molecular flexibility index (Phi) is 6.74. The summed E-state index contributed by atoms with van der Waals surface area (Å²) in [6.45, 7) is 7.65. The van der Waals surface area contributed by atoms with Gasteiger partial charge in [0, 0.05) is 32.3 Å². The van der Waals surface area contributed by atoms with Crippen molar-refractivity contribution in [2.45, 2.75) is 26.4 Å². The first kappa shape index (κ1) is 19.9. The maximum atomic E-state index is 12.1. The first-order valence-electron chi connectivity index (χ1n) is 8.55. The van der Waals surface area contributed by atoms with E-state index in [1.807, 2.05) is 56.0 Å². The molecule has 0 aliphatic carbocycles. The number of rotatable bonds is 2. The summed E-state index contributed by atoms with van der Waals surface area (Å²) in [6.07, 6.45) is 2.87. The van der Waals surface area contributed by atoms with Crippen molar-refractivity contribution in [1.82, 2.24) is 15.1 Å². The van der Waals surface area contributed by atoms with E-state index >= 15 is 0 Å². The quantitative estimate of drug-likeness (QED) is 0.636. The predicted molar refractivity (Wildman–Crippen MR) is 106 cm³/mol. The second-order valence-corrected chi connectivity index (χ2v) is 7.38. The summed E-state index contributed by atoms with van der Waals surface area (Å²) >= 11 is 5.30. The molecule has 0 radical (unpaired) electrons. The van der Waals surface area contributed by atoms with E-state index in [1.165, 1.54) is 6.08 Å². The fraction of sp³-hybridized carbons (Fsp3) is 0.421. The van der Waals surface area contributed by atoms with Gasteiger partial charge in [-0.25, -0.2) is 4.79 Å². The molecule has 6 nitrogen and oxygen atoms in total. The lowest BCUT2D eigenvalue weighted by molar-refractivity contribution is -0.115. The number of hydrogen-bond donors (Lipinski definition) is 1. The zero-order chi connectivity index (χ0) is 19.2. The molecule has 1 aromatic carbocycles. The van der Waals surface area contributed by atoms with E-state index in [2.05, 4.69) is 5.32 Å². The van der Waals surface area contributed by atoms with E-state index in [1.54, 1.807) is 11.0 Å². The van der Waals surface area contributed by atoms with Crippen LogP contribution in [0.2, 0.25) is 0 Å². The number of ether oxygens (including phenoxy) is 1. The number of carbonyl (C=O) groups is 2. The van der Waals surface area contributed by atoms with Crippen molar-refractivity contribution in [2.75, 3.05) is 26.2 Å². The highest BCUT2D eigenvalue weighted by atomic mass is 32.1. The van der Waals surface area contributed by atoms with E-state index in [4.69, 9.17) is 17.0 Å². The number of carbonyl (C=O) groups excluding carboxylic acids is 2. The van der Waals surface area contributed by atoms with Gasteiger partial charge in [-0.2, -0.15) is 0 Å². The Balaban J connectivity index is 1.78. The third kappa shape index (κ3) is 6.48. The van der Waals surface area contributed by atoms with E-state index in [0.29, 0.717) is 31.3 Å². The van der Waals surface area contributed by atoms with Crippen LogP contribution in [-0.4, -0.2) is 58.7 Å². The fourth-order valence-electron chi connectivity index (χ4n) is 2.38. The molecule has 0 bridgehead atoms. The average molecular weight is 375 g/mol. The molecule has 0 aromatic heterocycles. The molecule has 1 N–H and O–H groups in total. The lowest BCUT2D eigenvalue weighted by atomic mass is 10.2. The van der Waals surface area contributed by atoms with E-state index in [9.17, 15) is 9.59 Å². The number of nitrogens with zero attached hydrogens (tertiary/aromatic N) is 2. The largest absolute Gasteiger partial charge is 0.444 e. The average Bonchev–Trinajstić information content (AvgIpc) is 2.59. The van der Waals surface area contributed by atoms with Gasteiger partial charge in [0.2, 0.25) is 5.91 Å². The van der Waals surface area contributed by atoms with E-state index in [-0.39, 0.29) is 12.0 Å². The van der Waals surface area contributed by atoms with Crippen LogP contribution in [0.1, 0.15) is 26.3 Å². The second-order valence-electron chi connectivity index (χ2n) is 6.99. The van der Waals surface area contributed by atoms with Crippen LogP contribution in [0.4, 0.5) is 4.79 Å². The molecule has 1 aliphatic heterocycles. The molecule has 0 atom stereocenters. The highest BCUT2D eigenvalue weighted by molar-refractivity contribution is 7.80. The molecule has 1 aliphatic rings. The summed E-state index contributed by atoms with van der Waals surface area (Å²) in [7, 11) is 0. The van der Waals surface area contributed by atoms with Crippen molar-refractivity contribution in [3.8, 4) is 0 Å². The Morgan fingerprint density at radius 1 is 1.08 bits per heavy atom. The van der Waals surface area contributed by atoms with Gasteiger partial charge in [0.1, 0.15) is 5.60 Å². The SMILES string of the molecule is CC(C)(C)OC(=O)N1CCN(C(=S)NC(=O)C=Cc2ccccc2)CC1. The summed E-state index contributed by atoms with van der Waals surface area (Å²) in [5.74, 6) is -0.270. The molecular formula is C19H25N3O3S. The Morgan fingerprint density at radius 2 is 1.65 bits per heavy atom. The number of hydrogen-bond acceptors (Lipinski definition) is 4. The minimum Gasteiger partial charge on any atom is -0.444 e. The van der Waals surface area contributed by atoms with Gasteiger partial charge in [0.15, 0.2) is 5.11 Å². The van der Waals surface area contributed by atoms with E-state index < -0.39 is 5.60 Å². The number of nitrogens with one attached hydrogen (secondary N) is 1. The van der Waals surface area contributed by atoms with Crippen LogP contribution in [0.25, 0.3) is 6.08 Å². The summed E-state index contributed by atoms with van der Waals surface area (Å²) in [4.78, 5) is 27.6. The molecular weight excluding hydrogens is 350 g/mol. The van der Waals surface area contributed by atoms with E-state index in [0.717, 1.165) is 5.56 Å². The molecule has 1 saturated heterocycles. The first-order chi connectivity index (χ1) is 12.2. The second kappa shape index (κ2) is 8.80. The molecule has 7 heteroatoms. The van der Waals surface area contributed by atoms with Gasteiger partial charge < -0.3 is 14.5 Å². The molecule has 1 heterocycles. The highest BCUT2D eigenvalue weighted by Gasteiger charge is 2.26. The Morgan fingerprint density at radius 3 is 2.23 bits per heavy atom. The lowest BCUT2D eigenvalue weighted by Gasteiger charge is -2.36. The summed E-state index contributed by atoms with van der Waals surface area (Å²) < 4.78 is 5.37. The van der Waals surface area contributed by atoms with Crippen LogP contribution in [0.15, 0.2) is 36.4 Å². The topological polar surface area (TPSA) is 61.9 Å². The monoisotopic (exact) mass is 375 g/mol. The van der Waals surface area contributed by atoms with Crippen molar-refractivity contribution in [1.29, 1.82) is 0 Å². The van der Waals surface area contributed by atoms with Gasteiger partial charge in [0.25, 0.3) is 0 Å². The predicted octanol–water partition coefficient (Wildman–Crippen LogP) is 2.65. The standard InChI is InChI=1S/C19H25N3O3S/c1-19(2,3)25-18(24)22-13-11-21(12-14-22)17(26)20-16(23)10-9-15-7-5-4-6-8-15/h4-10H,11-14H2,1-3H3,(H,20,23,26). The summed E-state index contributed by atoms with van der Waals surface area (Å²) in [5, 5.41) is 3.07. The number of amides is 2. The van der Waals surface area contributed by atoms with Gasteiger partial charge in [-0.05, 0) is 44.6 Å². The van der Waals surface area contributed by atoms with Crippen molar-refractivity contribution < 1.29 is 14.3 Å². The van der Waals surface area contributed by atoms with Gasteiger partial charge in [-0.15, -0.1) is 0 Å².